The highest BCUT2D eigenvalue weighted by Gasteiger charge is 2.37. The van der Waals surface area contributed by atoms with E-state index in [1.165, 1.54) is 0 Å². The van der Waals surface area contributed by atoms with E-state index in [0.717, 1.165) is 10.5 Å². The summed E-state index contributed by atoms with van der Waals surface area (Å²) in [6.07, 6.45) is -1.07. The van der Waals surface area contributed by atoms with Crippen molar-refractivity contribution < 1.29 is 19.8 Å². The molecule has 1 aromatic carbocycles. The van der Waals surface area contributed by atoms with E-state index in [9.17, 15) is 19.8 Å². The van der Waals surface area contributed by atoms with Gasteiger partial charge in [-0.3, -0.25) is 4.90 Å². The van der Waals surface area contributed by atoms with Crippen LogP contribution < -0.4 is 0 Å². The third kappa shape index (κ3) is 3.98. The Balaban J connectivity index is 3.06. The van der Waals surface area contributed by atoms with Crippen molar-refractivity contribution >= 4 is 12.1 Å². The predicted molar refractivity (Wildman–Crippen MR) is 71.2 cm³/mol. The molecule has 0 heterocycles. The molecule has 0 aliphatic carbocycles. The molecule has 1 aromatic rings. The second-order valence-electron chi connectivity index (χ2n) is 5.37. The molecule has 0 spiro atoms. The molecule has 0 saturated heterocycles. The molecule has 1 atom stereocenters. The van der Waals surface area contributed by atoms with Crippen LogP contribution in [0.1, 0.15) is 26.3 Å². The van der Waals surface area contributed by atoms with Crippen LogP contribution in [0.3, 0.4) is 0 Å². The monoisotopic (exact) mass is 265 g/mol. The maximum Gasteiger partial charge on any atom is 0.408 e. The molecular weight excluding hydrogens is 246 g/mol. The highest BCUT2D eigenvalue weighted by atomic mass is 16.4. The number of carboxylic acids is 1. The molecule has 5 heteroatoms. The Morgan fingerprint density at radius 3 is 2.05 bits per heavy atom. The molecule has 2 N–H and O–H groups in total. The molecule has 1 amide bonds. The van der Waals surface area contributed by atoms with Crippen LogP contribution in [0.15, 0.2) is 30.3 Å². The van der Waals surface area contributed by atoms with Crippen LogP contribution in [-0.2, 0) is 11.2 Å². The average molecular weight is 265 g/mol. The number of carboxylic acid groups (broad SMARTS) is 2. The number of hydrogen-bond acceptors (Lipinski definition) is 2. The minimum absolute atomic E-state index is 0.153. The van der Waals surface area contributed by atoms with Gasteiger partial charge >= 0.3 is 12.1 Å². The molecule has 0 bridgehead atoms. The van der Waals surface area contributed by atoms with Crippen LogP contribution in [0.4, 0.5) is 4.79 Å². The highest BCUT2D eigenvalue weighted by molar-refractivity contribution is 5.80. The number of amides is 1. The van der Waals surface area contributed by atoms with Gasteiger partial charge in [0.15, 0.2) is 0 Å². The predicted octanol–water partition coefficient (Wildman–Crippen LogP) is 2.46. The van der Waals surface area contributed by atoms with Crippen molar-refractivity contribution in [2.24, 2.45) is 0 Å². The first kappa shape index (κ1) is 15.0. The van der Waals surface area contributed by atoms with Crippen LogP contribution in [-0.4, -0.2) is 38.8 Å². The first-order valence-corrected chi connectivity index (χ1v) is 6.02. The second kappa shape index (κ2) is 5.73. The Hall–Kier alpha value is -2.04. The van der Waals surface area contributed by atoms with Gasteiger partial charge in [-0.2, -0.15) is 0 Å². The zero-order valence-corrected chi connectivity index (χ0v) is 11.3. The maximum absolute atomic E-state index is 11.4. The molecule has 0 saturated carbocycles. The molecule has 5 nitrogen and oxygen atoms in total. The molecule has 0 fully saturated rings. The standard InChI is InChI=1S/C14H19NO4/c1-14(2,3)15(13(18)19)11(12(16)17)9-10-7-5-4-6-8-10/h4-8,11H,9H2,1-3H3,(H,16,17)(H,18,19)/t11-/m0/s1. The molecule has 0 aliphatic heterocycles. The van der Waals surface area contributed by atoms with E-state index in [1.807, 2.05) is 6.07 Å². The van der Waals surface area contributed by atoms with Crippen molar-refractivity contribution in [1.82, 2.24) is 4.90 Å². The lowest BCUT2D eigenvalue weighted by molar-refractivity contribution is -0.144. The summed E-state index contributed by atoms with van der Waals surface area (Å²) in [6, 6.07) is 7.92. The van der Waals surface area contributed by atoms with E-state index in [1.54, 1.807) is 45.0 Å². The normalized spacial score (nSPS) is 12.8. The van der Waals surface area contributed by atoms with Crippen molar-refractivity contribution in [2.45, 2.75) is 38.8 Å². The fraction of sp³-hybridized carbons (Fsp3) is 0.429. The van der Waals surface area contributed by atoms with E-state index >= 15 is 0 Å². The number of hydrogen-bond donors (Lipinski definition) is 2. The first-order chi connectivity index (χ1) is 8.73. The summed E-state index contributed by atoms with van der Waals surface area (Å²) in [5.74, 6) is -1.14. The van der Waals surface area contributed by atoms with Crippen LogP contribution in [0.2, 0.25) is 0 Å². The van der Waals surface area contributed by atoms with Gasteiger partial charge in [-0.15, -0.1) is 0 Å². The maximum atomic E-state index is 11.4. The van der Waals surface area contributed by atoms with Gasteiger partial charge in [0.25, 0.3) is 0 Å². The van der Waals surface area contributed by atoms with Crippen molar-refractivity contribution in [1.29, 1.82) is 0 Å². The smallest absolute Gasteiger partial charge is 0.408 e. The Kier molecular flexibility index (Phi) is 4.53. The largest absolute Gasteiger partial charge is 0.480 e. The van der Waals surface area contributed by atoms with E-state index in [0.29, 0.717) is 0 Å². The Morgan fingerprint density at radius 2 is 1.68 bits per heavy atom. The molecule has 19 heavy (non-hydrogen) atoms. The van der Waals surface area contributed by atoms with Crippen molar-refractivity contribution in [3.63, 3.8) is 0 Å². The third-order valence-corrected chi connectivity index (χ3v) is 2.80. The number of carbonyl (C=O) groups is 2. The van der Waals surface area contributed by atoms with Gasteiger partial charge in [-0.05, 0) is 26.3 Å². The minimum atomic E-state index is -1.23. The lowest BCUT2D eigenvalue weighted by atomic mass is 9.98. The summed E-state index contributed by atoms with van der Waals surface area (Å²) in [6.45, 7) is 5.05. The molecule has 0 aliphatic rings. The van der Waals surface area contributed by atoms with Crippen molar-refractivity contribution in [2.75, 3.05) is 0 Å². The topological polar surface area (TPSA) is 77.8 Å². The van der Waals surface area contributed by atoms with Crippen LogP contribution in [0, 0.1) is 0 Å². The first-order valence-electron chi connectivity index (χ1n) is 6.02. The fourth-order valence-electron chi connectivity index (χ4n) is 2.01. The zero-order chi connectivity index (χ0) is 14.6. The van der Waals surface area contributed by atoms with Gasteiger partial charge < -0.3 is 10.2 Å². The van der Waals surface area contributed by atoms with Crippen molar-refractivity contribution in [3.05, 3.63) is 35.9 Å². The van der Waals surface area contributed by atoms with Gasteiger partial charge in [-0.25, -0.2) is 9.59 Å². The van der Waals surface area contributed by atoms with Gasteiger partial charge in [0.05, 0.1) is 0 Å². The summed E-state index contributed by atoms with van der Waals surface area (Å²) in [5, 5.41) is 18.6. The van der Waals surface area contributed by atoms with Gasteiger partial charge in [0.1, 0.15) is 6.04 Å². The molecule has 0 aromatic heterocycles. The van der Waals surface area contributed by atoms with Crippen LogP contribution >= 0.6 is 0 Å². The fourth-order valence-corrected chi connectivity index (χ4v) is 2.01. The van der Waals surface area contributed by atoms with Crippen molar-refractivity contribution in [3.8, 4) is 0 Å². The Morgan fingerprint density at radius 1 is 1.16 bits per heavy atom. The zero-order valence-electron chi connectivity index (χ0n) is 11.3. The van der Waals surface area contributed by atoms with E-state index in [-0.39, 0.29) is 6.42 Å². The van der Waals surface area contributed by atoms with E-state index in [2.05, 4.69) is 0 Å². The van der Waals surface area contributed by atoms with E-state index < -0.39 is 23.6 Å². The van der Waals surface area contributed by atoms with Crippen LogP contribution in [0.25, 0.3) is 0 Å². The summed E-state index contributed by atoms with van der Waals surface area (Å²) in [7, 11) is 0. The molecule has 0 radical (unpaired) electrons. The summed E-state index contributed by atoms with van der Waals surface area (Å²) >= 11 is 0. The van der Waals surface area contributed by atoms with Crippen LogP contribution in [0.5, 0.6) is 0 Å². The van der Waals surface area contributed by atoms with Gasteiger partial charge in [0.2, 0.25) is 0 Å². The number of nitrogens with zero attached hydrogens (tertiary/aromatic N) is 1. The molecule has 104 valence electrons. The van der Waals surface area contributed by atoms with Gasteiger partial charge in [0, 0.05) is 12.0 Å². The summed E-state index contributed by atoms with van der Waals surface area (Å²) < 4.78 is 0. The SMILES string of the molecule is CC(C)(C)N(C(=O)O)[C@@H](Cc1ccccc1)C(=O)O. The van der Waals surface area contributed by atoms with Gasteiger partial charge in [-0.1, -0.05) is 30.3 Å². The third-order valence-electron chi connectivity index (χ3n) is 2.80. The number of benzene rings is 1. The number of aliphatic carboxylic acids is 1. The quantitative estimate of drug-likeness (QED) is 0.876. The molecule has 1 rings (SSSR count). The Bertz CT molecular complexity index is 450. The Labute approximate surface area is 112 Å². The molecule has 0 unspecified atom stereocenters. The lowest BCUT2D eigenvalue weighted by Crippen LogP contribution is -2.55. The van der Waals surface area contributed by atoms with E-state index in [4.69, 9.17) is 0 Å². The number of rotatable bonds is 4. The second-order valence-corrected chi connectivity index (χ2v) is 5.37. The lowest BCUT2D eigenvalue weighted by Gasteiger charge is -2.37. The summed E-state index contributed by atoms with van der Waals surface area (Å²) in [5.41, 5.74) is 0.0225. The average Bonchev–Trinajstić information content (AvgIpc) is 2.27. The highest BCUT2D eigenvalue weighted by Crippen LogP contribution is 2.20. The molecular formula is C14H19NO4. The minimum Gasteiger partial charge on any atom is -0.480 e. The summed E-state index contributed by atoms with van der Waals surface area (Å²) in [4.78, 5) is 23.7.